The molecule has 2 N–H and O–H groups in total. The smallest absolute Gasteiger partial charge is 0.320 e. The molecule has 1 fully saturated rings. The van der Waals surface area contributed by atoms with Crippen LogP contribution in [0.25, 0.3) is 0 Å². The second kappa shape index (κ2) is 6.96. The number of aliphatic carboxylic acids is 1. The molecule has 0 aromatic rings. The van der Waals surface area contributed by atoms with Crippen molar-refractivity contribution < 1.29 is 19.5 Å². The standard InChI is InChI=1S/C12H21N3O4/c1-3-13-10(16)8-14(2)12(19)15-6-4-5-9(7-15)11(17)18/h9H,3-8H2,1-2H3,(H,13,16)(H,17,18)/t9-/m1/s1. The number of likely N-dealkylation sites (tertiary alicyclic amines) is 1. The van der Waals surface area contributed by atoms with Crippen LogP contribution in [0.15, 0.2) is 0 Å². The number of piperidine rings is 1. The Labute approximate surface area is 112 Å². The fraction of sp³-hybridized carbons (Fsp3) is 0.750. The Morgan fingerprint density at radius 3 is 2.68 bits per heavy atom. The van der Waals surface area contributed by atoms with Crippen LogP contribution >= 0.6 is 0 Å². The molecule has 7 heteroatoms. The Balaban J connectivity index is 2.51. The van der Waals surface area contributed by atoms with Crippen LogP contribution in [0.2, 0.25) is 0 Å². The molecule has 1 rings (SSSR count). The average Bonchev–Trinajstić information content (AvgIpc) is 2.38. The molecule has 0 aliphatic carbocycles. The van der Waals surface area contributed by atoms with Gasteiger partial charge in [0.1, 0.15) is 6.54 Å². The highest BCUT2D eigenvalue weighted by molar-refractivity contribution is 5.84. The van der Waals surface area contributed by atoms with Crippen LogP contribution in [0.4, 0.5) is 4.79 Å². The predicted octanol–water partition coefficient (Wildman–Crippen LogP) is -0.0291. The molecule has 1 aliphatic rings. The molecule has 1 heterocycles. The number of nitrogens with zero attached hydrogens (tertiary/aromatic N) is 2. The zero-order chi connectivity index (χ0) is 14.4. The minimum atomic E-state index is -0.871. The monoisotopic (exact) mass is 271 g/mol. The normalized spacial score (nSPS) is 18.8. The van der Waals surface area contributed by atoms with Crippen molar-refractivity contribution in [2.75, 3.05) is 33.2 Å². The van der Waals surface area contributed by atoms with E-state index < -0.39 is 11.9 Å². The average molecular weight is 271 g/mol. The summed E-state index contributed by atoms with van der Waals surface area (Å²) < 4.78 is 0. The molecule has 0 aromatic carbocycles. The van der Waals surface area contributed by atoms with E-state index >= 15 is 0 Å². The van der Waals surface area contributed by atoms with Gasteiger partial charge in [-0.3, -0.25) is 9.59 Å². The molecule has 7 nitrogen and oxygen atoms in total. The third-order valence-corrected chi connectivity index (χ3v) is 3.12. The number of rotatable bonds is 4. The van der Waals surface area contributed by atoms with Crippen molar-refractivity contribution in [2.45, 2.75) is 19.8 Å². The van der Waals surface area contributed by atoms with Gasteiger partial charge in [-0.15, -0.1) is 0 Å². The molecule has 0 saturated carbocycles. The predicted molar refractivity (Wildman–Crippen MR) is 68.6 cm³/mol. The van der Waals surface area contributed by atoms with Crippen LogP contribution in [-0.2, 0) is 9.59 Å². The van der Waals surface area contributed by atoms with Crippen LogP contribution in [0.1, 0.15) is 19.8 Å². The number of carboxylic acid groups (broad SMARTS) is 1. The fourth-order valence-electron chi connectivity index (χ4n) is 2.13. The Morgan fingerprint density at radius 2 is 2.11 bits per heavy atom. The highest BCUT2D eigenvalue weighted by atomic mass is 16.4. The van der Waals surface area contributed by atoms with Crippen molar-refractivity contribution in [1.29, 1.82) is 0 Å². The van der Waals surface area contributed by atoms with Crippen molar-refractivity contribution in [3.63, 3.8) is 0 Å². The first kappa shape index (κ1) is 15.3. The van der Waals surface area contributed by atoms with Gasteiger partial charge in [0.15, 0.2) is 0 Å². The van der Waals surface area contributed by atoms with Gasteiger partial charge in [-0.2, -0.15) is 0 Å². The molecule has 3 amide bonds. The first-order valence-corrected chi connectivity index (χ1v) is 6.45. The summed E-state index contributed by atoms with van der Waals surface area (Å²) in [6.07, 6.45) is 1.27. The van der Waals surface area contributed by atoms with Crippen molar-refractivity contribution in [1.82, 2.24) is 15.1 Å². The van der Waals surface area contributed by atoms with E-state index in [1.165, 1.54) is 9.80 Å². The van der Waals surface area contributed by atoms with Gasteiger partial charge in [-0.1, -0.05) is 0 Å². The molecular weight excluding hydrogens is 250 g/mol. The zero-order valence-corrected chi connectivity index (χ0v) is 11.4. The summed E-state index contributed by atoms with van der Waals surface area (Å²) >= 11 is 0. The van der Waals surface area contributed by atoms with Crippen LogP contribution in [0, 0.1) is 5.92 Å². The molecule has 19 heavy (non-hydrogen) atoms. The van der Waals surface area contributed by atoms with E-state index in [1.54, 1.807) is 7.05 Å². The van der Waals surface area contributed by atoms with E-state index in [0.29, 0.717) is 25.9 Å². The van der Waals surface area contributed by atoms with E-state index in [4.69, 9.17) is 5.11 Å². The maximum atomic E-state index is 12.1. The van der Waals surface area contributed by atoms with Gasteiger partial charge < -0.3 is 20.2 Å². The molecule has 0 radical (unpaired) electrons. The molecule has 1 atom stereocenters. The lowest BCUT2D eigenvalue weighted by molar-refractivity contribution is -0.143. The van der Waals surface area contributed by atoms with Gasteiger partial charge in [0.2, 0.25) is 5.91 Å². The van der Waals surface area contributed by atoms with Crippen LogP contribution in [-0.4, -0.2) is 66.0 Å². The topological polar surface area (TPSA) is 90.0 Å². The Hall–Kier alpha value is -1.79. The summed E-state index contributed by atoms with van der Waals surface area (Å²) in [6, 6.07) is -0.294. The molecule has 0 bridgehead atoms. The number of hydrogen-bond acceptors (Lipinski definition) is 3. The van der Waals surface area contributed by atoms with Gasteiger partial charge in [0.05, 0.1) is 5.92 Å². The maximum absolute atomic E-state index is 12.1. The number of amides is 3. The van der Waals surface area contributed by atoms with Crippen molar-refractivity contribution in [3.8, 4) is 0 Å². The summed E-state index contributed by atoms with van der Waals surface area (Å²) in [5.41, 5.74) is 0. The van der Waals surface area contributed by atoms with Gasteiger partial charge in [0, 0.05) is 26.7 Å². The first-order valence-electron chi connectivity index (χ1n) is 6.45. The van der Waals surface area contributed by atoms with Crippen LogP contribution < -0.4 is 5.32 Å². The summed E-state index contributed by atoms with van der Waals surface area (Å²) in [5.74, 6) is -1.59. The molecule has 108 valence electrons. The quantitative estimate of drug-likeness (QED) is 0.751. The summed E-state index contributed by atoms with van der Waals surface area (Å²) in [5, 5.41) is 11.6. The highest BCUT2D eigenvalue weighted by Crippen LogP contribution is 2.17. The zero-order valence-electron chi connectivity index (χ0n) is 11.4. The molecule has 1 aliphatic heterocycles. The summed E-state index contributed by atoms with van der Waals surface area (Å²) in [7, 11) is 1.54. The van der Waals surface area contributed by atoms with E-state index in [9.17, 15) is 14.4 Å². The number of carbonyl (C=O) groups is 3. The lowest BCUT2D eigenvalue weighted by Gasteiger charge is -2.33. The van der Waals surface area contributed by atoms with Gasteiger partial charge >= 0.3 is 12.0 Å². The second-order valence-electron chi connectivity index (χ2n) is 4.72. The maximum Gasteiger partial charge on any atom is 0.320 e. The third-order valence-electron chi connectivity index (χ3n) is 3.12. The third kappa shape index (κ3) is 4.42. The van der Waals surface area contributed by atoms with Crippen molar-refractivity contribution >= 4 is 17.9 Å². The van der Waals surface area contributed by atoms with E-state index in [-0.39, 0.29) is 25.0 Å². The molecular formula is C12H21N3O4. The number of likely N-dealkylation sites (N-methyl/N-ethyl adjacent to an activating group) is 2. The van der Waals surface area contributed by atoms with Gasteiger partial charge in [-0.25, -0.2) is 4.79 Å². The van der Waals surface area contributed by atoms with E-state index in [1.807, 2.05) is 6.92 Å². The lowest BCUT2D eigenvalue weighted by atomic mass is 9.99. The minimum absolute atomic E-state index is 0.0130. The minimum Gasteiger partial charge on any atom is -0.481 e. The number of carbonyl (C=O) groups excluding carboxylic acids is 2. The van der Waals surface area contributed by atoms with E-state index in [0.717, 1.165) is 0 Å². The molecule has 0 unspecified atom stereocenters. The van der Waals surface area contributed by atoms with Gasteiger partial charge in [-0.05, 0) is 19.8 Å². The SMILES string of the molecule is CCNC(=O)CN(C)C(=O)N1CCC[C@@H](C(=O)O)C1. The van der Waals surface area contributed by atoms with Crippen LogP contribution in [0.3, 0.4) is 0 Å². The van der Waals surface area contributed by atoms with Crippen molar-refractivity contribution in [3.05, 3.63) is 0 Å². The Bertz CT molecular complexity index is 359. The number of hydrogen-bond donors (Lipinski definition) is 2. The second-order valence-corrected chi connectivity index (χ2v) is 4.72. The summed E-state index contributed by atoms with van der Waals surface area (Å²) in [6.45, 7) is 3.07. The highest BCUT2D eigenvalue weighted by Gasteiger charge is 2.29. The molecule has 0 spiro atoms. The summed E-state index contributed by atoms with van der Waals surface area (Å²) in [4.78, 5) is 37.2. The van der Waals surface area contributed by atoms with Crippen LogP contribution in [0.5, 0.6) is 0 Å². The largest absolute Gasteiger partial charge is 0.481 e. The number of urea groups is 1. The Kier molecular flexibility index (Phi) is 5.59. The Morgan fingerprint density at radius 1 is 1.42 bits per heavy atom. The molecule has 0 aromatic heterocycles. The first-order chi connectivity index (χ1) is 8.95. The van der Waals surface area contributed by atoms with Crippen molar-refractivity contribution in [2.24, 2.45) is 5.92 Å². The lowest BCUT2D eigenvalue weighted by Crippen LogP contribution is -2.49. The van der Waals surface area contributed by atoms with Gasteiger partial charge in [0.25, 0.3) is 0 Å². The van der Waals surface area contributed by atoms with E-state index in [2.05, 4.69) is 5.32 Å². The number of nitrogens with one attached hydrogen (secondary N) is 1. The molecule has 1 saturated heterocycles. The number of carboxylic acids is 1. The fourth-order valence-corrected chi connectivity index (χ4v) is 2.13.